The molecule has 23 heavy (non-hydrogen) atoms. The van der Waals surface area contributed by atoms with Crippen LogP contribution in [0.4, 0.5) is 18.9 Å². The van der Waals surface area contributed by atoms with E-state index < -0.39 is 27.5 Å². The van der Waals surface area contributed by atoms with Crippen molar-refractivity contribution in [1.82, 2.24) is 0 Å². The van der Waals surface area contributed by atoms with Gasteiger partial charge in [-0.2, -0.15) is 18.4 Å². The quantitative estimate of drug-likeness (QED) is 0.898. The van der Waals surface area contributed by atoms with Crippen molar-refractivity contribution < 1.29 is 21.6 Å². The summed E-state index contributed by atoms with van der Waals surface area (Å²) < 4.78 is 64.7. The van der Waals surface area contributed by atoms with Gasteiger partial charge in [-0.15, -0.1) is 0 Å². The molecule has 0 atom stereocenters. The molecule has 0 aliphatic rings. The van der Waals surface area contributed by atoms with Gasteiger partial charge >= 0.3 is 6.18 Å². The Morgan fingerprint density at radius 3 is 2.39 bits per heavy atom. The third-order valence-electron chi connectivity index (χ3n) is 2.84. The molecular weight excluding hydrogens is 353 g/mol. The molecule has 0 saturated carbocycles. The van der Waals surface area contributed by atoms with Crippen molar-refractivity contribution >= 4 is 27.3 Å². The van der Waals surface area contributed by atoms with Crippen molar-refractivity contribution in [3.05, 3.63) is 58.6 Å². The first-order chi connectivity index (χ1) is 10.6. The summed E-state index contributed by atoms with van der Waals surface area (Å²) in [5.41, 5.74) is -1.61. The Bertz CT molecular complexity index is 890. The number of nitriles is 1. The van der Waals surface area contributed by atoms with Crippen LogP contribution in [-0.4, -0.2) is 8.42 Å². The Hall–Kier alpha value is -2.24. The highest BCUT2D eigenvalue weighted by molar-refractivity contribution is 7.92. The van der Waals surface area contributed by atoms with Gasteiger partial charge in [-0.25, -0.2) is 8.42 Å². The van der Waals surface area contributed by atoms with E-state index in [0.29, 0.717) is 6.07 Å². The lowest BCUT2D eigenvalue weighted by atomic mass is 10.2. The van der Waals surface area contributed by atoms with Crippen LogP contribution in [0.15, 0.2) is 47.4 Å². The molecule has 2 rings (SSSR count). The summed E-state index contributed by atoms with van der Waals surface area (Å²) in [6, 6.07) is 9.29. The standard InChI is InChI=1S/C14H8ClF3N2O2S/c15-11-6-5-10(14(16,17)18)7-12(11)20-23(21,22)13-4-2-1-3-9(13)8-19/h1-7,20H. The maximum absolute atomic E-state index is 12.7. The summed E-state index contributed by atoms with van der Waals surface area (Å²) in [6.45, 7) is 0. The van der Waals surface area contributed by atoms with Gasteiger partial charge < -0.3 is 0 Å². The predicted molar refractivity (Wildman–Crippen MR) is 78.4 cm³/mol. The van der Waals surface area contributed by atoms with Crippen molar-refractivity contribution in [3.63, 3.8) is 0 Å². The van der Waals surface area contributed by atoms with Gasteiger partial charge in [0.2, 0.25) is 0 Å². The van der Waals surface area contributed by atoms with Gasteiger partial charge in [0.1, 0.15) is 11.0 Å². The first-order valence-electron chi connectivity index (χ1n) is 6.04. The maximum Gasteiger partial charge on any atom is 0.416 e. The second-order valence-corrected chi connectivity index (χ2v) is 6.46. The van der Waals surface area contributed by atoms with Crippen molar-refractivity contribution in [2.45, 2.75) is 11.1 Å². The molecule has 9 heteroatoms. The van der Waals surface area contributed by atoms with Gasteiger partial charge in [0.25, 0.3) is 10.0 Å². The van der Waals surface area contributed by atoms with Crippen molar-refractivity contribution in [1.29, 1.82) is 5.26 Å². The molecule has 1 N–H and O–H groups in total. The summed E-state index contributed by atoms with van der Waals surface area (Å²) >= 11 is 5.75. The average molecular weight is 361 g/mol. The smallest absolute Gasteiger partial charge is 0.278 e. The molecule has 0 aromatic heterocycles. The van der Waals surface area contributed by atoms with Gasteiger partial charge in [-0.3, -0.25) is 4.72 Å². The number of halogens is 4. The number of rotatable bonds is 3. The number of nitrogens with zero attached hydrogens (tertiary/aromatic N) is 1. The second kappa shape index (κ2) is 6.10. The molecule has 0 saturated heterocycles. The number of sulfonamides is 1. The first-order valence-corrected chi connectivity index (χ1v) is 7.90. The summed E-state index contributed by atoms with van der Waals surface area (Å²) in [5, 5.41) is 8.74. The highest BCUT2D eigenvalue weighted by Gasteiger charge is 2.31. The number of hydrogen-bond donors (Lipinski definition) is 1. The molecule has 0 bridgehead atoms. The molecule has 2 aromatic carbocycles. The largest absolute Gasteiger partial charge is 0.416 e. The number of alkyl halides is 3. The summed E-state index contributed by atoms with van der Waals surface area (Å²) in [6.07, 6.45) is -4.64. The van der Waals surface area contributed by atoms with E-state index in [1.807, 2.05) is 4.72 Å². The molecule has 0 amide bonds. The van der Waals surface area contributed by atoms with Crippen molar-refractivity contribution in [3.8, 4) is 6.07 Å². The van der Waals surface area contributed by atoms with E-state index in [9.17, 15) is 21.6 Å². The summed E-state index contributed by atoms with van der Waals surface area (Å²) in [5.74, 6) is 0. The van der Waals surface area contributed by atoms with Crippen LogP contribution in [0.25, 0.3) is 0 Å². The normalized spacial score (nSPS) is 11.8. The Labute approximate surface area is 135 Å². The van der Waals surface area contributed by atoms with Gasteiger partial charge in [-0.05, 0) is 30.3 Å². The predicted octanol–water partition coefficient (Wildman–Crippen LogP) is 4.03. The van der Waals surface area contributed by atoms with Crippen LogP contribution >= 0.6 is 11.6 Å². The Morgan fingerprint density at radius 1 is 1.13 bits per heavy atom. The number of nitrogens with one attached hydrogen (secondary N) is 1. The zero-order valence-electron chi connectivity index (χ0n) is 11.2. The fraction of sp³-hybridized carbons (Fsp3) is 0.0714. The fourth-order valence-electron chi connectivity index (χ4n) is 1.77. The first kappa shape index (κ1) is 17.1. The van der Waals surface area contributed by atoms with Crippen LogP contribution in [-0.2, 0) is 16.2 Å². The fourth-order valence-corrected chi connectivity index (χ4v) is 3.22. The molecule has 0 spiro atoms. The molecule has 120 valence electrons. The molecule has 0 aliphatic heterocycles. The molecule has 0 fully saturated rings. The van der Waals surface area contributed by atoms with E-state index in [-0.39, 0.29) is 15.5 Å². The van der Waals surface area contributed by atoms with Crippen LogP contribution in [0, 0.1) is 11.3 Å². The number of anilines is 1. The van der Waals surface area contributed by atoms with Crippen LogP contribution in [0.3, 0.4) is 0 Å². The SMILES string of the molecule is N#Cc1ccccc1S(=O)(=O)Nc1cc(C(F)(F)F)ccc1Cl. The Kier molecular flexibility index (Phi) is 4.54. The van der Waals surface area contributed by atoms with Gasteiger partial charge in [0.15, 0.2) is 0 Å². The minimum absolute atomic E-state index is 0.136. The molecule has 0 heterocycles. The van der Waals surface area contributed by atoms with E-state index in [1.165, 1.54) is 24.3 Å². The number of hydrogen-bond acceptors (Lipinski definition) is 3. The van der Waals surface area contributed by atoms with Crippen molar-refractivity contribution in [2.24, 2.45) is 0 Å². The molecule has 4 nitrogen and oxygen atoms in total. The lowest BCUT2D eigenvalue weighted by Gasteiger charge is -2.13. The molecule has 2 aromatic rings. The summed E-state index contributed by atoms with van der Waals surface area (Å²) in [4.78, 5) is -0.351. The highest BCUT2D eigenvalue weighted by Crippen LogP contribution is 2.34. The second-order valence-electron chi connectivity index (χ2n) is 4.41. The van der Waals surface area contributed by atoms with E-state index >= 15 is 0 Å². The minimum atomic E-state index is -4.64. The van der Waals surface area contributed by atoms with Gasteiger partial charge in [-0.1, -0.05) is 23.7 Å². The third kappa shape index (κ3) is 3.75. The molecule has 0 radical (unpaired) electrons. The molecular formula is C14H8ClF3N2O2S. The Balaban J connectivity index is 2.48. The average Bonchev–Trinajstić information content (AvgIpc) is 2.48. The minimum Gasteiger partial charge on any atom is -0.278 e. The summed E-state index contributed by atoms with van der Waals surface area (Å²) in [7, 11) is -4.27. The van der Waals surface area contributed by atoms with E-state index in [0.717, 1.165) is 12.1 Å². The monoisotopic (exact) mass is 360 g/mol. The lowest BCUT2D eigenvalue weighted by Crippen LogP contribution is -2.15. The zero-order valence-corrected chi connectivity index (χ0v) is 12.8. The van der Waals surface area contributed by atoms with Gasteiger partial charge in [0.05, 0.1) is 21.8 Å². The van der Waals surface area contributed by atoms with E-state index in [2.05, 4.69) is 0 Å². The topological polar surface area (TPSA) is 70.0 Å². The van der Waals surface area contributed by atoms with E-state index in [4.69, 9.17) is 16.9 Å². The van der Waals surface area contributed by atoms with Gasteiger partial charge in [0, 0.05) is 0 Å². The van der Waals surface area contributed by atoms with E-state index in [1.54, 1.807) is 6.07 Å². The van der Waals surface area contributed by atoms with Crippen LogP contribution in [0.5, 0.6) is 0 Å². The zero-order chi connectivity index (χ0) is 17.3. The maximum atomic E-state index is 12.7. The highest BCUT2D eigenvalue weighted by atomic mass is 35.5. The van der Waals surface area contributed by atoms with Crippen LogP contribution in [0.2, 0.25) is 5.02 Å². The molecule has 0 aliphatic carbocycles. The Morgan fingerprint density at radius 2 is 1.78 bits per heavy atom. The number of benzene rings is 2. The lowest BCUT2D eigenvalue weighted by molar-refractivity contribution is -0.137. The third-order valence-corrected chi connectivity index (χ3v) is 4.59. The molecule has 0 unspecified atom stereocenters. The van der Waals surface area contributed by atoms with Crippen molar-refractivity contribution in [2.75, 3.05) is 4.72 Å². The van der Waals surface area contributed by atoms with Crippen LogP contribution < -0.4 is 4.72 Å². The van der Waals surface area contributed by atoms with Crippen LogP contribution in [0.1, 0.15) is 11.1 Å².